The van der Waals surface area contributed by atoms with Crippen LogP contribution in [0.2, 0.25) is 0 Å². The van der Waals surface area contributed by atoms with Crippen molar-refractivity contribution in [2.75, 3.05) is 19.7 Å². The maximum atomic E-state index is 12.7. The number of aromatic nitrogens is 4. The Bertz CT molecular complexity index is 843. The van der Waals surface area contributed by atoms with Gasteiger partial charge in [-0.3, -0.25) is 14.3 Å². The number of hydrogen-bond acceptors (Lipinski definition) is 6. The molecule has 1 fully saturated rings. The van der Waals surface area contributed by atoms with Gasteiger partial charge in [0.1, 0.15) is 11.5 Å². The molecule has 0 bridgehead atoms. The van der Waals surface area contributed by atoms with Crippen LogP contribution >= 0.6 is 0 Å². The van der Waals surface area contributed by atoms with Gasteiger partial charge >= 0.3 is 0 Å². The van der Waals surface area contributed by atoms with Crippen molar-refractivity contribution in [1.82, 2.24) is 30.0 Å². The molecule has 1 unspecified atom stereocenters. The van der Waals surface area contributed by atoms with Crippen LogP contribution in [0.3, 0.4) is 0 Å². The van der Waals surface area contributed by atoms with Crippen molar-refractivity contribution in [2.45, 2.75) is 46.4 Å². The molecule has 1 N–H and O–H groups in total. The molecule has 2 aromatic heterocycles. The molecule has 0 radical (unpaired) electrons. The summed E-state index contributed by atoms with van der Waals surface area (Å²) >= 11 is 0. The molecule has 0 aromatic carbocycles. The third kappa shape index (κ3) is 4.72. The van der Waals surface area contributed by atoms with E-state index in [-0.39, 0.29) is 30.9 Å². The number of hydrogen-bond donors (Lipinski definition) is 1. The Hall–Kier alpha value is -2.81. The minimum absolute atomic E-state index is 0.178. The Morgan fingerprint density at radius 2 is 2.00 bits per heavy atom. The molecule has 1 aliphatic heterocycles. The second kappa shape index (κ2) is 8.47. The van der Waals surface area contributed by atoms with Crippen LogP contribution in [0.4, 0.5) is 0 Å². The molecule has 0 saturated carbocycles. The predicted octanol–water partition coefficient (Wildman–Crippen LogP) is 1.03. The van der Waals surface area contributed by atoms with Gasteiger partial charge in [-0.2, -0.15) is 5.10 Å². The molecule has 9 heteroatoms. The van der Waals surface area contributed by atoms with E-state index in [9.17, 15) is 9.59 Å². The van der Waals surface area contributed by atoms with Crippen molar-refractivity contribution in [3.05, 3.63) is 41.2 Å². The topological polar surface area (TPSA) is 102 Å². The second-order valence-corrected chi connectivity index (χ2v) is 7.17. The van der Waals surface area contributed by atoms with Gasteiger partial charge in [0, 0.05) is 30.2 Å². The van der Waals surface area contributed by atoms with Crippen molar-refractivity contribution in [3.63, 3.8) is 0 Å². The van der Waals surface area contributed by atoms with E-state index in [0.717, 1.165) is 11.4 Å². The Kier molecular flexibility index (Phi) is 6.03. The van der Waals surface area contributed by atoms with Gasteiger partial charge in [-0.15, -0.1) is 0 Å². The molecule has 150 valence electrons. The van der Waals surface area contributed by atoms with Crippen molar-refractivity contribution in [2.24, 2.45) is 0 Å². The van der Waals surface area contributed by atoms with Crippen molar-refractivity contribution >= 4 is 11.8 Å². The number of morpholine rings is 1. The number of rotatable bonds is 5. The normalized spacial score (nSPS) is 17.0. The number of aryl methyl sites for hydroxylation is 2. The third-order valence-electron chi connectivity index (χ3n) is 4.45. The quantitative estimate of drug-likeness (QED) is 0.823. The first-order chi connectivity index (χ1) is 13.3. The highest BCUT2D eigenvalue weighted by Gasteiger charge is 2.30. The summed E-state index contributed by atoms with van der Waals surface area (Å²) < 4.78 is 7.30. The highest BCUT2D eigenvalue weighted by molar-refractivity contribution is 5.93. The minimum Gasteiger partial charge on any atom is -0.365 e. The van der Waals surface area contributed by atoms with E-state index in [1.165, 1.54) is 0 Å². The van der Waals surface area contributed by atoms with Crippen LogP contribution in [-0.2, 0) is 16.1 Å². The van der Waals surface area contributed by atoms with Crippen LogP contribution < -0.4 is 5.32 Å². The summed E-state index contributed by atoms with van der Waals surface area (Å²) in [5.41, 5.74) is 2.07. The maximum absolute atomic E-state index is 12.7. The molecular formula is C19H26N6O3. The summed E-state index contributed by atoms with van der Waals surface area (Å²) in [6.45, 7) is 8.89. The lowest BCUT2D eigenvalue weighted by atomic mass is 10.2. The summed E-state index contributed by atoms with van der Waals surface area (Å²) in [4.78, 5) is 35.4. The van der Waals surface area contributed by atoms with Crippen LogP contribution in [0, 0.1) is 13.8 Å². The summed E-state index contributed by atoms with van der Waals surface area (Å²) in [5, 5.41) is 7.11. The lowest BCUT2D eigenvalue weighted by Crippen LogP contribution is -2.51. The molecule has 1 atom stereocenters. The van der Waals surface area contributed by atoms with E-state index in [2.05, 4.69) is 20.4 Å². The molecule has 28 heavy (non-hydrogen) atoms. The fraction of sp³-hybridized carbons (Fsp3) is 0.526. The predicted molar refractivity (Wildman–Crippen MR) is 102 cm³/mol. The van der Waals surface area contributed by atoms with Crippen LogP contribution in [0.1, 0.15) is 47.6 Å². The lowest BCUT2D eigenvalue weighted by Gasteiger charge is -2.31. The smallest absolute Gasteiger partial charge is 0.274 e. The van der Waals surface area contributed by atoms with Crippen LogP contribution in [0.25, 0.3) is 0 Å². The number of amides is 2. The van der Waals surface area contributed by atoms with Crippen LogP contribution in [0.5, 0.6) is 0 Å². The van der Waals surface area contributed by atoms with Gasteiger partial charge in [-0.05, 0) is 39.8 Å². The molecule has 9 nitrogen and oxygen atoms in total. The standard InChI is InChI=1S/C19H26N6O3/c1-12(2)25-6-5-15(23-25)19(27)24-7-8-28-16(11-24)18(26)20-10-17-21-13(3)9-14(4)22-17/h5-6,9,12,16H,7-8,10-11H2,1-4H3,(H,20,26). The maximum Gasteiger partial charge on any atom is 0.274 e. The summed E-state index contributed by atoms with van der Waals surface area (Å²) in [6.07, 6.45) is 1.06. The molecule has 3 heterocycles. The van der Waals surface area contributed by atoms with Crippen LogP contribution in [0.15, 0.2) is 18.3 Å². The lowest BCUT2D eigenvalue weighted by molar-refractivity contribution is -0.137. The van der Waals surface area contributed by atoms with Crippen LogP contribution in [-0.4, -0.2) is 62.3 Å². The van der Waals surface area contributed by atoms with Gasteiger partial charge in [-0.25, -0.2) is 9.97 Å². The van der Waals surface area contributed by atoms with E-state index in [0.29, 0.717) is 24.7 Å². The van der Waals surface area contributed by atoms with Crippen molar-refractivity contribution in [3.8, 4) is 0 Å². The van der Waals surface area contributed by atoms with E-state index in [1.807, 2.05) is 33.8 Å². The average molecular weight is 386 g/mol. The Morgan fingerprint density at radius 3 is 2.64 bits per heavy atom. The first kappa shape index (κ1) is 19.9. The first-order valence-corrected chi connectivity index (χ1v) is 9.38. The van der Waals surface area contributed by atoms with Gasteiger partial charge in [-0.1, -0.05) is 0 Å². The molecular weight excluding hydrogens is 360 g/mol. The fourth-order valence-electron chi connectivity index (χ4n) is 3.05. The molecule has 2 amide bonds. The van der Waals surface area contributed by atoms with E-state index in [4.69, 9.17) is 4.74 Å². The number of nitrogens with one attached hydrogen (secondary N) is 1. The monoisotopic (exact) mass is 386 g/mol. The molecule has 2 aromatic rings. The average Bonchev–Trinajstić information content (AvgIpc) is 3.15. The third-order valence-corrected chi connectivity index (χ3v) is 4.45. The number of nitrogens with zero attached hydrogens (tertiary/aromatic N) is 5. The Morgan fingerprint density at radius 1 is 1.29 bits per heavy atom. The Balaban J connectivity index is 1.58. The zero-order valence-corrected chi connectivity index (χ0v) is 16.7. The highest BCUT2D eigenvalue weighted by atomic mass is 16.5. The highest BCUT2D eigenvalue weighted by Crippen LogP contribution is 2.12. The van der Waals surface area contributed by atoms with Gasteiger partial charge in [0.05, 0.1) is 19.7 Å². The van der Waals surface area contributed by atoms with E-state index < -0.39 is 6.10 Å². The minimum atomic E-state index is -0.726. The van der Waals surface area contributed by atoms with Crippen molar-refractivity contribution in [1.29, 1.82) is 0 Å². The first-order valence-electron chi connectivity index (χ1n) is 9.38. The number of carbonyl (C=O) groups is 2. The van der Waals surface area contributed by atoms with Gasteiger partial charge < -0.3 is 15.0 Å². The van der Waals surface area contributed by atoms with Gasteiger partial charge in [0.15, 0.2) is 6.10 Å². The zero-order valence-electron chi connectivity index (χ0n) is 16.7. The second-order valence-electron chi connectivity index (χ2n) is 7.17. The fourth-order valence-corrected chi connectivity index (χ4v) is 3.05. The summed E-state index contributed by atoms with van der Waals surface area (Å²) in [6, 6.07) is 3.75. The molecule has 3 rings (SSSR count). The molecule has 1 saturated heterocycles. The largest absolute Gasteiger partial charge is 0.365 e. The number of carbonyl (C=O) groups excluding carboxylic acids is 2. The summed E-state index contributed by atoms with van der Waals surface area (Å²) in [5.74, 6) is 0.0694. The Labute approximate surface area is 164 Å². The van der Waals surface area contributed by atoms with Crippen molar-refractivity contribution < 1.29 is 14.3 Å². The SMILES string of the molecule is Cc1cc(C)nc(CNC(=O)C2CN(C(=O)c3ccn(C(C)C)n3)CCO2)n1. The van der Waals surface area contributed by atoms with Gasteiger partial charge in [0.25, 0.3) is 11.8 Å². The number of ether oxygens (including phenoxy) is 1. The molecule has 1 aliphatic rings. The molecule has 0 spiro atoms. The van der Waals surface area contributed by atoms with E-state index >= 15 is 0 Å². The molecule has 0 aliphatic carbocycles. The zero-order chi connectivity index (χ0) is 20.3. The summed E-state index contributed by atoms with van der Waals surface area (Å²) in [7, 11) is 0. The van der Waals surface area contributed by atoms with Gasteiger partial charge in [0.2, 0.25) is 0 Å². The van der Waals surface area contributed by atoms with E-state index in [1.54, 1.807) is 21.8 Å².